The van der Waals surface area contributed by atoms with Crippen LogP contribution in [0.1, 0.15) is 13.3 Å². The highest BCUT2D eigenvalue weighted by molar-refractivity contribution is 9.10. The van der Waals surface area contributed by atoms with E-state index in [0.29, 0.717) is 11.7 Å². The minimum atomic E-state index is 0.293. The maximum absolute atomic E-state index is 5.81. The highest BCUT2D eigenvalue weighted by atomic mass is 79.9. The minimum absolute atomic E-state index is 0.293. The molecule has 0 spiro atoms. The lowest BCUT2D eigenvalue weighted by molar-refractivity contribution is 0.191. The zero-order valence-electron chi connectivity index (χ0n) is 8.96. The first-order valence-corrected chi connectivity index (χ1v) is 5.59. The van der Waals surface area contributed by atoms with Crippen LogP contribution in [0.5, 0.6) is 0 Å². The van der Waals surface area contributed by atoms with Gasteiger partial charge in [0.15, 0.2) is 0 Å². The second kappa shape index (κ2) is 5.92. The summed E-state index contributed by atoms with van der Waals surface area (Å²) in [7, 11) is 1.69. The number of pyridine rings is 1. The van der Waals surface area contributed by atoms with Gasteiger partial charge in [-0.25, -0.2) is 4.98 Å². The SMILES string of the molecule is COCCC(C)Nc1ncc(Br)cc1N. The maximum Gasteiger partial charge on any atom is 0.149 e. The molecule has 0 aliphatic heterocycles. The van der Waals surface area contributed by atoms with Gasteiger partial charge in [0.25, 0.3) is 0 Å². The standard InChI is InChI=1S/C10H16BrN3O/c1-7(3-4-15-2)14-10-9(12)5-8(11)6-13-10/h5-7H,3-4,12H2,1-2H3,(H,13,14). The summed E-state index contributed by atoms with van der Waals surface area (Å²) in [5.74, 6) is 0.724. The van der Waals surface area contributed by atoms with E-state index in [9.17, 15) is 0 Å². The Balaban J connectivity index is 2.56. The fraction of sp³-hybridized carbons (Fsp3) is 0.500. The number of nitrogens with one attached hydrogen (secondary N) is 1. The predicted molar refractivity (Wildman–Crippen MR) is 65.9 cm³/mol. The number of nitrogens with zero attached hydrogens (tertiary/aromatic N) is 1. The van der Waals surface area contributed by atoms with Crippen LogP contribution in [0.2, 0.25) is 0 Å². The lowest BCUT2D eigenvalue weighted by Crippen LogP contribution is -2.18. The van der Waals surface area contributed by atoms with Crippen molar-refractivity contribution in [3.8, 4) is 0 Å². The van der Waals surface area contributed by atoms with Gasteiger partial charge in [0.2, 0.25) is 0 Å². The van der Waals surface area contributed by atoms with Crippen LogP contribution in [0.3, 0.4) is 0 Å². The van der Waals surface area contributed by atoms with Crippen LogP contribution in [-0.2, 0) is 4.74 Å². The summed E-state index contributed by atoms with van der Waals surface area (Å²) in [4.78, 5) is 4.20. The molecule has 1 aromatic heterocycles. The number of halogens is 1. The van der Waals surface area contributed by atoms with Gasteiger partial charge in [-0.1, -0.05) is 0 Å². The van der Waals surface area contributed by atoms with Crippen LogP contribution in [0.4, 0.5) is 11.5 Å². The number of anilines is 2. The molecule has 0 radical (unpaired) electrons. The molecule has 1 aromatic rings. The molecule has 0 saturated heterocycles. The van der Waals surface area contributed by atoms with Crippen molar-refractivity contribution in [2.45, 2.75) is 19.4 Å². The Hall–Kier alpha value is -0.810. The number of nitrogen functional groups attached to an aromatic ring is 1. The molecule has 1 unspecified atom stereocenters. The summed E-state index contributed by atoms with van der Waals surface area (Å²) in [6.07, 6.45) is 2.65. The first kappa shape index (κ1) is 12.3. The summed E-state index contributed by atoms with van der Waals surface area (Å²) < 4.78 is 5.88. The van der Waals surface area contributed by atoms with E-state index in [1.165, 1.54) is 0 Å². The van der Waals surface area contributed by atoms with Crippen LogP contribution in [0.15, 0.2) is 16.7 Å². The molecule has 0 amide bonds. The summed E-state index contributed by atoms with van der Waals surface area (Å²) in [5.41, 5.74) is 6.46. The minimum Gasteiger partial charge on any atom is -0.396 e. The van der Waals surface area contributed by atoms with Gasteiger partial charge in [-0.2, -0.15) is 0 Å². The van der Waals surface area contributed by atoms with Gasteiger partial charge in [0, 0.05) is 30.4 Å². The third-order valence-electron chi connectivity index (χ3n) is 2.02. The molecule has 84 valence electrons. The number of methoxy groups -OCH3 is 1. The lowest BCUT2D eigenvalue weighted by Gasteiger charge is -2.15. The van der Waals surface area contributed by atoms with Crippen molar-refractivity contribution in [1.29, 1.82) is 0 Å². The van der Waals surface area contributed by atoms with Gasteiger partial charge in [0.1, 0.15) is 5.82 Å². The number of nitrogens with two attached hydrogens (primary N) is 1. The molecule has 0 saturated carbocycles. The second-order valence-corrected chi connectivity index (χ2v) is 4.33. The van der Waals surface area contributed by atoms with Crippen molar-refractivity contribution in [1.82, 2.24) is 4.98 Å². The average Bonchev–Trinajstić information content (AvgIpc) is 2.19. The van der Waals surface area contributed by atoms with Crippen molar-refractivity contribution in [2.75, 3.05) is 24.8 Å². The number of hydrogen-bond donors (Lipinski definition) is 2. The van der Waals surface area contributed by atoms with E-state index >= 15 is 0 Å². The Morgan fingerprint density at radius 3 is 3.00 bits per heavy atom. The smallest absolute Gasteiger partial charge is 0.149 e. The quantitative estimate of drug-likeness (QED) is 0.864. The van der Waals surface area contributed by atoms with Crippen LogP contribution in [-0.4, -0.2) is 24.7 Å². The largest absolute Gasteiger partial charge is 0.396 e. The third kappa shape index (κ3) is 4.05. The second-order valence-electron chi connectivity index (χ2n) is 3.42. The summed E-state index contributed by atoms with van der Waals surface area (Å²) >= 11 is 3.31. The monoisotopic (exact) mass is 273 g/mol. The molecular weight excluding hydrogens is 258 g/mol. The highest BCUT2D eigenvalue weighted by Crippen LogP contribution is 2.20. The average molecular weight is 274 g/mol. The van der Waals surface area contributed by atoms with Gasteiger partial charge in [-0.05, 0) is 35.3 Å². The third-order valence-corrected chi connectivity index (χ3v) is 2.46. The van der Waals surface area contributed by atoms with Crippen LogP contribution < -0.4 is 11.1 Å². The van der Waals surface area contributed by atoms with E-state index < -0.39 is 0 Å². The van der Waals surface area contributed by atoms with E-state index in [1.54, 1.807) is 13.3 Å². The zero-order chi connectivity index (χ0) is 11.3. The van der Waals surface area contributed by atoms with Gasteiger partial charge >= 0.3 is 0 Å². The number of ether oxygens (including phenoxy) is 1. The number of rotatable bonds is 5. The van der Waals surface area contributed by atoms with Crippen molar-refractivity contribution in [3.05, 3.63) is 16.7 Å². The molecule has 5 heteroatoms. The molecule has 1 atom stereocenters. The Labute approximate surface area is 98.3 Å². The van der Waals surface area contributed by atoms with E-state index in [4.69, 9.17) is 10.5 Å². The van der Waals surface area contributed by atoms with E-state index in [0.717, 1.165) is 23.3 Å². The van der Waals surface area contributed by atoms with E-state index in [1.807, 2.05) is 6.07 Å². The number of hydrogen-bond acceptors (Lipinski definition) is 4. The van der Waals surface area contributed by atoms with Gasteiger partial charge in [0.05, 0.1) is 5.69 Å². The highest BCUT2D eigenvalue weighted by Gasteiger charge is 2.05. The number of aromatic nitrogens is 1. The molecule has 0 aliphatic carbocycles. The molecule has 0 aromatic carbocycles. The Morgan fingerprint density at radius 2 is 2.40 bits per heavy atom. The Kier molecular flexibility index (Phi) is 4.84. The van der Waals surface area contributed by atoms with Crippen molar-refractivity contribution in [2.24, 2.45) is 0 Å². The summed E-state index contributed by atoms with van der Waals surface area (Å²) in [6, 6.07) is 2.12. The lowest BCUT2D eigenvalue weighted by atomic mass is 10.2. The molecule has 1 rings (SSSR count). The zero-order valence-corrected chi connectivity index (χ0v) is 10.5. The Morgan fingerprint density at radius 1 is 1.67 bits per heavy atom. The molecule has 4 nitrogen and oxygen atoms in total. The first-order chi connectivity index (χ1) is 7.13. The maximum atomic E-state index is 5.81. The fourth-order valence-electron chi connectivity index (χ4n) is 1.18. The molecule has 0 fully saturated rings. The van der Waals surface area contributed by atoms with Crippen LogP contribution in [0, 0.1) is 0 Å². The van der Waals surface area contributed by atoms with Crippen LogP contribution >= 0.6 is 15.9 Å². The van der Waals surface area contributed by atoms with Crippen molar-refractivity contribution in [3.63, 3.8) is 0 Å². The molecule has 1 heterocycles. The molecular formula is C10H16BrN3O. The van der Waals surface area contributed by atoms with Crippen LogP contribution in [0.25, 0.3) is 0 Å². The van der Waals surface area contributed by atoms with Crippen molar-refractivity contribution >= 4 is 27.4 Å². The fourth-order valence-corrected chi connectivity index (χ4v) is 1.52. The Bertz CT molecular complexity index is 320. The topological polar surface area (TPSA) is 60.2 Å². The summed E-state index contributed by atoms with van der Waals surface area (Å²) in [6.45, 7) is 2.80. The van der Waals surface area contributed by atoms with Gasteiger partial charge in [-0.15, -0.1) is 0 Å². The van der Waals surface area contributed by atoms with Gasteiger partial charge in [-0.3, -0.25) is 0 Å². The summed E-state index contributed by atoms with van der Waals surface area (Å²) in [5, 5.41) is 3.24. The molecule has 0 bridgehead atoms. The van der Waals surface area contributed by atoms with Crippen molar-refractivity contribution < 1.29 is 4.74 Å². The molecule has 3 N–H and O–H groups in total. The first-order valence-electron chi connectivity index (χ1n) is 4.80. The predicted octanol–water partition coefficient (Wildman–Crippen LogP) is 2.26. The molecule has 15 heavy (non-hydrogen) atoms. The van der Waals surface area contributed by atoms with Gasteiger partial charge < -0.3 is 15.8 Å². The van der Waals surface area contributed by atoms with E-state index in [-0.39, 0.29) is 0 Å². The van der Waals surface area contributed by atoms with E-state index in [2.05, 4.69) is 33.2 Å². The normalized spacial score (nSPS) is 12.5. The molecule has 0 aliphatic rings.